The number of nitrogens with one attached hydrogen (secondary N) is 4. The molecule has 0 unspecified atom stereocenters. The number of hydrogen-bond acceptors (Lipinski definition) is 8. The quantitative estimate of drug-likeness (QED) is 0.0225. The fourth-order valence-electron chi connectivity index (χ4n) is 9.65. The standard InChI is InChI=1S/C56H66B2N4O4/c1-3-5-7-9-11-13-15-21-37-65-47-31-19-17-27-43(47)57-60-45-29-23-25-39-33-35-41(53(59)49(39)45)51-55(63)52(56(51)64)42-36-34-40-26-24-30-46-50(40)54(42)62-58(61-46)44-28-18-20-32-48(44)66-38-22-16-14-12-10-8-6-4-2/h17-20,23-36,57,59-63H,3-16,21-22,37-38H2,1-2H3/b51-41-,59-53?. The molecule has 0 saturated heterocycles. The molecule has 3 aliphatic rings. The molecule has 2 aliphatic carbocycles. The van der Waals surface area contributed by atoms with Gasteiger partial charge in [-0.05, 0) is 53.5 Å². The van der Waals surface area contributed by atoms with Crippen molar-refractivity contribution in [1.82, 2.24) is 0 Å². The lowest BCUT2D eigenvalue weighted by molar-refractivity contribution is -0.111. The number of allylic oxidation sites excluding steroid dienone is 4. The minimum absolute atomic E-state index is 0.0973. The molecule has 5 N–H and O–H groups in total. The maximum Gasteiger partial charge on any atom is 0.409 e. The summed E-state index contributed by atoms with van der Waals surface area (Å²) in [5.74, 6) is 1.30. The Kier molecular flexibility index (Phi) is 16.1. The van der Waals surface area contributed by atoms with Gasteiger partial charge in [0.25, 0.3) is 7.41 Å². The van der Waals surface area contributed by atoms with Crippen molar-refractivity contribution in [3.05, 3.63) is 137 Å². The summed E-state index contributed by atoms with van der Waals surface area (Å²) >= 11 is 0. The van der Waals surface area contributed by atoms with Crippen molar-refractivity contribution in [3.63, 3.8) is 0 Å². The zero-order valence-corrected chi connectivity index (χ0v) is 39.1. The number of aliphatic hydroxyl groups is 1. The highest BCUT2D eigenvalue weighted by molar-refractivity contribution is 6.81. The molecular formula is C56H66B2N4O4. The first-order valence-electron chi connectivity index (χ1n) is 24.9. The van der Waals surface area contributed by atoms with E-state index in [0.717, 1.165) is 75.1 Å². The molecule has 1 aliphatic heterocycles. The van der Waals surface area contributed by atoms with Crippen LogP contribution < -0.4 is 36.1 Å². The Balaban J connectivity index is 0.973. The first-order valence-corrected chi connectivity index (χ1v) is 24.9. The van der Waals surface area contributed by atoms with E-state index in [4.69, 9.17) is 9.47 Å². The van der Waals surface area contributed by atoms with Gasteiger partial charge in [-0.2, -0.15) is 0 Å². The number of para-hydroxylation sites is 2. The second kappa shape index (κ2) is 22.8. The average molecular weight is 881 g/mol. The molecule has 8 nitrogen and oxygen atoms in total. The Morgan fingerprint density at radius 2 is 1.29 bits per heavy atom. The van der Waals surface area contributed by atoms with E-state index in [1.807, 2.05) is 78.9 Å². The fourth-order valence-corrected chi connectivity index (χ4v) is 9.65. The number of aliphatic hydroxyl groups excluding tert-OH is 1. The third kappa shape index (κ3) is 10.6. The Bertz CT molecular complexity index is 2620. The zero-order chi connectivity index (χ0) is 45.7. The predicted octanol–water partition coefficient (Wildman–Crippen LogP) is 12.4. The van der Waals surface area contributed by atoms with Crippen LogP contribution in [0.25, 0.3) is 22.4 Å². The van der Waals surface area contributed by atoms with E-state index in [1.54, 1.807) is 6.08 Å². The molecule has 66 heavy (non-hydrogen) atoms. The summed E-state index contributed by atoms with van der Waals surface area (Å²) in [5.41, 5.74) is 7.70. The van der Waals surface area contributed by atoms with E-state index in [9.17, 15) is 15.3 Å². The van der Waals surface area contributed by atoms with Crippen LogP contribution >= 0.6 is 0 Å². The number of hydrogen-bond donors (Lipinski definition) is 5. The van der Waals surface area contributed by atoms with Crippen molar-refractivity contribution < 1.29 is 19.4 Å². The van der Waals surface area contributed by atoms with Crippen LogP contribution in [-0.4, -0.2) is 44.2 Å². The van der Waals surface area contributed by atoms with Crippen LogP contribution in [-0.2, 0) is 4.79 Å². The molecule has 8 rings (SSSR count). The van der Waals surface area contributed by atoms with Crippen molar-refractivity contribution in [2.45, 2.75) is 117 Å². The van der Waals surface area contributed by atoms with Gasteiger partial charge in [-0.25, -0.2) is 0 Å². The number of ether oxygens (including phenoxy) is 2. The van der Waals surface area contributed by atoms with Gasteiger partial charge >= 0.3 is 6.98 Å². The van der Waals surface area contributed by atoms with Gasteiger partial charge in [0.05, 0.1) is 30.1 Å². The summed E-state index contributed by atoms with van der Waals surface area (Å²) in [4.78, 5) is 14.4. The van der Waals surface area contributed by atoms with Gasteiger partial charge in [-0.3, -0.25) is 10.2 Å². The number of Topliss-reactive ketones (excluding diaryl/α,β-unsaturated/α-hetero) is 1. The molecular weight excluding hydrogens is 814 g/mol. The van der Waals surface area contributed by atoms with Crippen LogP contribution in [0.3, 0.4) is 0 Å². The van der Waals surface area contributed by atoms with E-state index >= 15 is 0 Å². The zero-order valence-electron chi connectivity index (χ0n) is 39.1. The Labute approximate surface area is 393 Å². The summed E-state index contributed by atoms with van der Waals surface area (Å²) in [5, 5.41) is 34.4. The van der Waals surface area contributed by atoms with Crippen LogP contribution in [0.1, 0.15) is 133 Å². The predicted molar refractivity (Wildman–Crippen MR) is 280 cm³/mol. The second-order valence-electron chi connectivity index (χ2n) is 18.1. The number of fused-ring (bicyclic) bond motifs is 1. The van der Waals surface area contributed by atoms with Gasteiger partial charge in [-0.1, -0.05) is 189 Å². The summed E-state index contributed by atoms with van der Waals surface area (Å²) in [6.07, 6.45) is 23.6. The normalized spacial score (nSPS) is 15.0. The number of benzene rings is 5. The number of carbonyl (C=O) groups excluding carboxylic acids is 1. The van der Waals surface area contributed by atoms with Gasteiger partial charge in [0.1, 0.15) is 17.3 Å². The summed E-state index contributed by atoms with van der Waals surface area (Å²) in [6, 6.07) is 32.2. The average Bonchev–Trinajstić information content (AvgIpc) is 3.34. The van der Waals surface area contributed by atoms with E-state index < -0.39 is 0 Å². The molecule has 5 aromatic carbocycles. The van der Waals surface area contributed by atoms with Crippen molar-refractivity contribution in [1.29, 1.82) is 5.41 Å². The summed E-state index contributed by atoms with van der Waals surface area (Å²) in [7, 11) is 0.507. The van der Waals surface area contributed by atoms with Crippen LogP contribution in [0.4, 0.5) is 17.1 Å². The molecule has 0 aromatic heterocycles. The highest BCUT2D eigenvalue weighted by atomic mass is 16.5. The maximum atomic E-state index is 14.4. The Hall–Kier alpha value is -6.15. The van der Waals surface area contributed by atoms with Crippen molar-refractivity contribution in [2.75, 3.05) is 28.9 Å². The second-order valence-corrected chi connectivity index (χ2v) is 18.1. The van der Waals surface area contributed by atoms with E-state index in [1.165, 1.54) is 83.5 Å². The lowest BCUT2D eigenvalue weighted by atomic mass is 9.65. The smallest absolute Gasteiger partial charge is 0.409 e. The van der Waals surface area contributed by atoms with Crippen molar-refractivity contribution in [2.24, 2.45) is 0 Å². The van der Waals surface area contributed by atoms with Crippen LogP contribution in [0, 0.1) is 5.41 Å². The van der Waals surface area contributed by atoms with Gasteiger partial charge < -0.3 is 30.3 Å². The first kappa shape index (κ1) is 46.4. The SMILES string of the molecule is CCCCCCCCCCOc1ccccc1BNc1cccc2c1C(=N)/C(=C1\C(=O)C(c3ccc4cccc5c4c3NB(c3ccccc3OCCCCCCCCCC)N5)=C1O)C=C2. The third-order valence-electron chi connectivity index (χ3n) is 13.3. The highest BCUT2D eigenvalue weighted by Gasteiger charge is 2.41. The monoisotopic (exact) mass is 881 g/mol. The molecule has 1 heterocycles. The molecule has 0 atom stereocenters. The molecule has 10 heteroatoms. The molecule has 0 bridgehead atoms. The van der Waals surface area contributed by atoms with Gasteiger partial charge in [0.2, 0.25) is 5.78 Å². The Morgan fingerprint density at radius 1 is 0.652 bits per heavy atom. The van der Waals surface area contributed by atoms with Crippen molar-refractivity contribution >= 4 is 76.3 Å². The maximum absolute atomic E-state index is 14.4. The van der Waals surface area contributed by atoms with Crippen LogP contribution in [0.2, 0.25) is 0 Å². The molecule has 0 saturated carbocycles. The highest BCUT2D eigenvalue weighted by Crippen LogP contribution is 2.47. The summed E-state index contributed by atoms with van der Waals surface area (Å²) < 4.78 is 12.7. The van der Waals surface area contributed by atoms with Gasteiger partial charge in [-0.15, -0.1) is 0 Å². The van der Waals surface area contributed by atoms with Crippen molar-refractivity contribution in [3.8, 4) is 11.5 Å². The third-order valence-corrected chi connectivity index (χ3v) is 13.3. The first-order chi connectivity index (χ1) is 32.5. The number of rotatable bonds is 25. The summed E-state index contributed by atoms with van der Waals surface area (Å²) in [6.45, 7) is 5.49. The molecule has 340 valence electrons. The number of unbranched alkanes of at least 4 members (excludes halogenated alkanes) is 14. The van der Waals surface area contributed by atoms with Crippen LogP contribution in [0.5, 0.6) is 11.5 Å². The van der Waals surface area contributed by atoms with Gasteiger partial charge in [0, 0.05) is 44.6 Å². The fraction of sp³-hybridized carbons (Fsp3) is 0.357. The minimum Gasteiger partial charge on any atom is -0.506 e. The molecule has 5 aromatic rings. The lowest BCUT2D eigenvalue weighted by Gasteiger charge is -2.32. The number of anilines is 3. The number of carbonyl (C=O) groups is 1. The number of ketones is 1. The molecule has 0 amide bonds. The minimum atomic E-state index is -0.347. The van der Waals surface area contributed by atoms with Crippen LogP contribution in [0.15, 0.2) is 120 Å². The lowest BCUT2D eigenvalue weighted by Crippen LogP contribution is -2.48. The van der Waals surface area contributed by atoms with Gasteiger partial charge in [0.15, 0.2) is 0 Å². The van der Waals surface area contributed by atoms with E-state index in [0.29, 0.717) is 37.3 Å². The van der Waals surface area contributed by atoms with E-state index in [2.05, 4.69) is 53.8 Å². The topological polar surface area (TPSA) is 116 Å². The Morgan fingerprint density at radius 3 is 2.00 bits per heavy atom. The molecule has 0 spiro atoms. The van der Waals surface area contributed by atoms with E-state index in [-0.39, 0.29) is 35.4 Å². The largest absolute Gasteiger partial charge is 0.506 e. The molecule has 0 fully saturated rings. The molecule has 0 radical (unpaired) electrons.